The molecule has 1 heterocycles. The maximum Gasteiger partial charge on any atom is 0.345 e. The van der Waals surface area contributed by atoms with Crippen molar-refractivity contribution in [2.75, 3.05) is 0 Å². The van der Waals surface area contributed by atoms with Crippen molar-refractivity contribution in [1.82, 2.24) is 9.97 Å². The van der Waals surface area contributed by atoms with E-state index in [-0.39, 0.29) is 5.69 Å². The summed E-state index contributed by atoms with van der Waals surface area (Å²) in [6.45, 7) is 1.86. The Morgan fingerprint density at radius 2 is 2.23 bits per heavy atom. The number of halogens is 1. The van der Waals surface area contributed by atoms with Gasteiger partial charge >= 0.3 is 5.69 Å². The molecule has 1 aromatic heterocycles. The fourth-order valence-electron chi connectivity index (χ4n) is 1.29. The summed E-state index contributed by atoms with van der Waals surface area (Å²) < 4.78 is 0.846. The second kappa shape index (κ2) is 2.96. The molecule has 1 N–H and O–H groups in total. The van der Waals surface area contributed by atoms with Gasteiger partial charge < -0.3 is 4.98 Å². The second-order valence-corrected chi connectivity index (χ2v) is 3.66. The van der Waals surface area contributed by atoms with Gasteiger partial charge in [-0.3, -0.25) is 0 Å². The Morgan fingerprint density at radius 1 is 1.46 bits per heavy atom. The number of nitrogens with zero attached hydrogens (tertiary/aromatic N) is 1. The van der Waals surface area contributed by atoms with Crippen molar-refractivity contribution in [2.24, 2.45) is 0 Å². The number of aromatic amines is 1. The molecule has 0 bridgehead atoms. The minimum Gasteiger partial charge on any atom is -0.309 e. The molecular formula is C9H7BrN2O. The number of aryl methyl sites for hydroxylation is 1. The molecule has 2 rings (SSSR count). The number of H-pyrrole nitrogens is 1. The molecule has 0 unspecified atom stereocenters. The Kier molecular flexibility index (Phi) is 1.92. The van der Waals surface area contributed by atoms with Crippen molar-refractivity contribution in [3.8, 4) is 0 Å². The van der Waals surface area contributed by atoms with E-state index in [0.717, 1.165) is 15.6 Å². The Hall–Kier alpha value is -1.16. The Morgan fingerprint density at radius 3 is 3.00 bits per heavy atom. The largest absolute Gasteiger partial charge is 0.345 e. The zero-order valence-corrected chi connectivity index (χ0v) is 8.55. The van der Waals surface area contributed by atoms with Crippen molar-refractivity contribution in [3.63, 3.8) is 0 Å². The summed E-state index contributed by atoms with van der Waals surface area (Å²) in [4.78, 5) is 17.6. The van der Waals surface area contributed by atoms with E-state index in [1.807, 2.05) is 25.1 Å². The van der Waals surface area contributed by atoms with Crippen LogP contribution in [0.1, 0.15) is 5.69 Å². The van der Waals surface area contributed by atoms with E-state index >= 15 is 0 Å². The molecule has 13 heavy (non-hydrogen) atoms. The van der Waals surface area contributed by atoms with E-state index in [9.17, 15) is 4.79 Å². The van der Waals surface area contributed by atoms with Crippen molar-refractivity contribution in [2.45, 2.75) is 6.92 Å². The predicted molar refractivity (Wildman–Crippen MR) is 54.8 cm³/mol. The monoisotopic (exact) mass is 238 g/mol. The summed E-state index contributed by atoms with van der Waals surface area (Å²) in [6.07, 6.45) is 0. The van der Waals surface area contributed by atoms with Crippen LogP contribution in [0.25, 0.3) is 10.9 Å². The van der Waals surface area contributed by atoms with Gasteiger partial charge in [0.1, 0.15) is 0 Å². The van der Waals surface area contributed by atoms with Crippen molar-refractivity contribution in [1.29, 1.82) is 0 Å². The fourth-order valence-corrected chi connectivity index (χ4v) is 1.74. The molecule has 1 aromatic carbocycles. The van der Waals surface area contributed by atoms with Gasteiger partial charge in [0, 0.05) is 15.6 Å². The first-order chi connectivity index (χ1) is 6.18. The van der Waals surface area contributed by atoms with Crippen LogP contribution in [-0.2, 0) is 0 Å². The lowest BCUT2D eigenvalue weighted by Gasteiger charge is -2.01. The zero-order chi connectivity index (χ0) is 9.42. The molecule has 0 radical (unpaired) electrons. The summed E-state index contributed by atoms with van der Waals surface area (Å²) in [5, 5.41) is 0.967. The summed E-state index contributed by atoms with van der Waals surface area (Å²) in [5.41, 5.74) is 1.25. The standard InChI is InChI=1S/C9H7BrN2O/c1-5-6-3-2-4-7(10)8(6)12-9(13)11-5/h2-4H,1H3,(H,11,12,13). The van der Waals surface area contributed by atoms with Crippen LogP contribution >= 0.6 is 15.9 Å². The summed E-state index contributed by atoms with van der Waals surface area (Å²) in [5.74, 6) is 0. The third kappa shape index (κ3) is 1.37. The van der Waals surface area contributed by atoms with Gasteiger partial charge in [-0.05, 0) is 28.9 Å². The molecular weight excluding hydrogens is 232 g/mol. The van der Waals surface area contributed by atoms with Gasteiger partial charge in [-0.1, -0.05) is 12.1 Å². The number of fused-ring (bicyclic) bond motifs is 1. The molecule has 3 nitrogen and oxygen atoms in total. The average Bonchev–Trinajstić information content (AvgIpc) is 2.07. The zero-order valence-electron chi connectivity index (χ0n) is 6.97. The van der Waals surface area contributed by atoms with Crippen LogP contribution in [0.2, 0.25) is 0 Å². The number of nitrogens with one attached hydrogen (secondary N) is 1. The number of hydrogen-bond acceptors (Lipinski definition) is 2. The van der Waals surface area contributed by atoms with Gasteiger partial charge in [0.25, 0.3) is 0 Å². The lowest BCUT2D eigenvalue weighted by molar-refractivity contribution is 1.07. The Bertz CT molecular complexity index is 518. The highest BCUT2D eigenvalue weighted by Gasteiger charge is 2.02. The highest BCUT2D eigenvalue weighted by atomic mass is 79.9. The molecule has 0 saturated heterocycles. The minimum absolute atomic E-state index is 0.308. The summed E-state index contributed by atoms with van der Waals surface area (Å²) in [6, 6.07) is 5.71. The van der Waals surface area contributed by atoms with Crippen molar-refractivity contribution in [3.05, 3.63) is 38.9 Å². The van der Waals surface area contributed by atoms with Crippen LogP contribution in [0, 0.1) is 6.92 Å². The van der Waals surface area contributed by atoms with E-state index in [4.69, 9.17) is 0 Å². The normalized spacial score (nSPS) is 10.6. The molecule has 66 valence electrons. The fraction of sp³-hybridized carbons (Fsp3) is 0.111. The highest BCUT2D eigenvalue weighted by molar-refractivity contribution is 9.10. The molecule has 0 spiro atoms. The van der Waals surface area contributed by atoms with Gasteiger partial charge in [0.2, 0.25) is 0 Å². The smallest absolute Gasteiger partial charge is 0.309 e. The lowest BCUT2D eigenvalue weighted by Crippen LogP contribution is -2.11. The quantitative estimate of drug-likeness (QED) is 0.764. The predicted octanol–water partition coefficient (Wildman–Crippen LogP) is 1.99. The first-order valence-electron chi connectivity index (χ1n) is 3.83. The Labute approximate surface area is 82.9 Å². The number of benzene rings is 1. The molecule has 0 amide bonds. The van der Waals surface area contributed by atoms with Crippen molar-refractivity contribution < 1.29 is 0 Å². The first-order valence-corrected chi connectivity index (χ1v) is 4.63. The third-order valence-electron chi connectivity index (χ3n) is 1.90. The topological polar surface area (TPSA) is 45.8 Å². The summed E-state index contributed by atoms with van der Waals surface area (Å²) >= 11 is 3.35. The Balaban J connectivity index is 3.03. The molecule has 0 aliphatic rings. The number of rotatable bonds is 0. The van der Waals surface area contributed by atoms with E-state index < -0.39 is 0 Å². The number of hydrogen-bond donors (Lipinski definition) is 1. The van der Waals surface area contributed by atoms with Crippen LogP contribution in [0.3, 0.4) is 0 Å². The maximum absolute atomic E-state index is 11.1. The highest BCUT2D eigenvalue weighted by Crippen LogP contribution is 2.21. The first kappa shape index (κ1) is 8.44. The summed E-state index contributed by atoms with van der Waals surface area (Å²) in [7, 11) is 0. The lowest BCUT2D eigenvalue weighted by atomic mass is 10.2. The van der Waals surface area contributed by atoms with Crippen molar-refractivity contribution >= 4 is 26.8 Å². The van der Waals surface area contributed by atoms with Crippen LogP contribution in [0.5, 0.6) is 0 Å². The van der Waals surface area contributed by atoms with Gasteiger partial charge in [-0.2, -0.15) is 4.98 Å². The molecule has 4 heteroatoms. The number of aromatic nitrogens is 2. The third-order valence-corrected chi connectivity index (χ3v) is 2.54. The minimum atomic E-state index is -0.308. The van der Waals surface area contributed by atoms with E-state index in [1.54, 1.807) is 0 Å². The van der Waals surface area contributed by atoms with E-state index in [2.05, 4.69) is 25.9 Å². The van der Waals surface area contributed by atoms with Gasteiger partial charge in [0.15, 0.2) is 0 Å². The molecule has 0 aliphatic carbocycles. The molecule has 0 fully saturated rings. The van der Waals surface area contributed by atoms with Crippen LogP contribution in [0.4, 0.5) is 0 Å². The van der Waals surface area contributed by atoms with Gasteiger partial charge in [0.05, 0.1) is 5.52 Å². The SMILES string of the molecule is Cc1[nH]c(=O)nc2c(Br)cccc12. The van der Waals surface area contributed by atoms with Gasteiger partial charge in [-0.25, -0.2) is 4.79 Å². The van der Waals surface area contributed by atoms with E-state index in [0.29, 0.717) is 5.52 Å². The van der Waals surface area contributed by atoms with E-state index in [1.165, 1.54) is 0 Å². The molecule has 0 atom stereocenters. The maximum atomic E-state index is 11.1. The number of para-hydroxylation sites is 1. The molecule has 0 saturated carbocycles. The molecule has 2 aromatic rings. The molecule has 0 aliphatic heterocycles. The van der Waals surface area contributed by atoms with Crippen LogP contribution < -0.4 is 5.69 Å². The second-order valence-electron chi connectivity index (χ2n) is 2.80. The van der Waals surface area contributed by atoms with Gasteiger partial charge in [-0.15, -0.1) is 0 Å². The van der Waals surface area contributed by atoms with Crippen LogP contribution in [-0.4, -0.2) is 9.97 Å². The average molecular weight is 239 g/mol. The van der Waals surface area contributed by atoms with Crippen LogP contribution in [0.15, 0.2) is 27.5 Å².